The van der Waals surface area contributed by atoms with Crippen LogP contribution in [0.2, 0.25) is 5.02 Å². The second-order valence-electron chi connectivity index (χ2n) is 5.67. The lowest BCUT2D eigenvalue weighted by molar-refractivity contribution is -0.121. The van der Waals surface area contributed by atoms with Crippen LogP contribution < -0.4 is 5.32 Å². The summed E-state index contributed by atoms with van der Waals surface area (Å²) in [6.07, 6.45) is -0.0811. The summed E-state index contributed by atoms with van der Waals surface area (Å²) in [4.78, 5) is 14.3. The summed E-state index contributed by atoms with van der Waals surface area (Å²) >= 11 is 5.98. The van der Waals surface area contributed by atoms with Gasteiger partial charge in [0.25, 0.3) is 0 Å². The van der Waals surface area contributed by atoms with Gasteiger partial charge in [-0.05, 0) is 31.8 Å². The molecule has 0 radical (unpaired) electrons. The van der Waals surface area contributed by atoms with E-state index in [1.807, 2.05) is 49.3 Å². The Morgan fingerprint density at radius 2 is 1.87 bits per heavy atom. The highest BCUT2D eigenvalue weighted by molar-refractivity contribution is 6.31. The number of likely N-dealkylation sites (N-methyl/N-ethyl adjacent to an activating group) is 1. The number of carbonyl (C=O) groups excluding carboxylic acids is 1. The van der Waals surface area contributed by atoms with Gasteiger partial charge < -0.3 is 10.2 Å². The minimum absolute atomic E-state index is 0.0811. The van der Waals surface area contributed by atoms with Crippen molar-refractivity contribution in [2.45, 2.75) is 12.5 Å². The van der Waals surface area contributed by atoms with E-state index in [0.29, 0.717) is 6.54 Å². The molecule has 0 saturated heterocycles. The lowest BCUT2D eigenvalue weighted by atomic mass is 10.1. The van der Waals surface area contributed by atoms with Gasteiger partial charge in [-0.2, -0.15) is 0 Å². The number of hydrogen-bond donors (Lipinski definition) is 1. The average Bonchev–Trinajstić information content (AvgIpc) is 2.51. The normalized spacial score (nSPS) is 12.2. The Morgan fingerprint density at radius 1 is 1.17 bits per heavy atom. The predicted molar refractivity (Wildman–Crippen MR) is 91.0 cm³/mol. The van der Waals surface area contributed by atoms with Crippen LogP contribution in [0.15, 0.2) is 48.5 Å². The van der Waals surface area contributed by atoms with Crippen molar-refractivity contribution in [3.63, 3.8) is 0 Å². The third kappa shape index (κ3) is 5.05. The molecule has 0 aromatic heterocycles. The monoisotopic (exact) mass is 334 g/mol. The van der Waals surface area contributed by atoms with E-state index in [2.05, 4.69) is 5.32 Å². The van der Waals surface area contributed by atoms with Crippen molar-refractivity contribution in [1.29, 1.82) is 0 Å². The summed E-state index contributed by atoms with van der Waals surface area (Å²) in [5, 5.41) is 3.23. The van der Waals surface area contributed by atoms with Crippen molar-refractivity contribution in [3.8, 4) is 0 Å². The molecule has 0 aliphatic rings. The summed E-state index contributed by atoms with van der Waals surface area (Å²) in [5.41, 5.74) is 1.23. The summed E-state index contributed by atoms with van der Waals surface area (Å²) in [6, 6.07) is 14.0. The molecule has 1 N–H and O–H groups in total. The van der Waals surface area contributed by atoms with Gasteiger partial charge in [-0.25, -0.2) is 4.39 Å². The van der Waals surface area contributed by atoms with Crippen LogP contribution >= 0.6 is 11.6 Å². The van der Waals surface area contributed by atoms with Crippen molar-refractivity contribution in [2.75, 3.05) is 20.6 Å². The van der Waals surface area contributed by atoms with Gasteiger partial charge in [0.15, 0.2) is 0 Å². The lowest BCUT2D eigenvalue weighted by Crippen LogP contribution is -2.36. The van der Waals surface area contributed by atoms with E-state index in [-0.39, 0.29) is 29.0 Å². The number of amides is 1. The number of nitrogens with zero attached hydrogens (tertiary/aromatic N) is 1. The zero-order valence-corrected chi connectivity index (χ0v) is 14.0. The van der Waals surface area contributed by atoms with Gasteiger partial charge >= 0.3 is 0 Å². The first-order valence-corrected chi connectivity index (χ1v) is 7.77. The molecular formula is C18H20ClFN2O. The van der Waals surface area contributed by atoms with E-state index in [1.165, 1.54) is 12.1 Å². The molecule has 122 valence electrons. The molecular weight excluding hydrogens is 315 g/mol. The Kier molecular flexibility index (Phi) is 6.13. The fourth-order valence-electron chi connectivity index (χ4n) is 2.39. The molecule has 1 amide bonds. The van der Waals surface area contributed by atoms with Crippen LogP contribution in [0.5, 0.6) is 0 Å². The first-order chi connectivity index (χ1) is 11.0. The Bertz CT molecular complexity index is 641. The highest BCUT2D eigenvalue weighted by Gasteiger charge is 2.18. The average molecular weight is 335 g/mol. The molecule has 3 nitrogen and oxygen atoms in total. The van der Waals surface area contributed by atoms with Gasteiger partial charge in [-0.1, -0.05) is 48.0 Å². The van der Waals surface area contributed by atoms with Gasteiger partial charge in [0.2, 0.25) is 5.91 Å². The largest absolute Gasteiger partial charge is 0.348 e. The maximum Gasteiger partial charge on any atom is 0.225 e. The van der Waals surface area contributed by atoms with Gasteiger partial charge in [-0.3, -0.25) is 4.79 Å². The molecule has 0 saturated carbocycles. The maximum absolute atomic E-state index is 13.8. The molecule has 2 rings (SSSR count). The van der Waals surface area contributed by atoms with E-state index in [0.717, 1.165) is 5.56 Å². The van der Waals surface area contributed by atoms with Gasteiger partial charge in [-0.15, -0.1) is 0 Å². The van der Waals surface area contributed by atoms with E-state index >= 15 is 0 Å². The third-order valence-corrected chi connectivity index (χ3v) is 3.84. The smallest absolute Gasteiger partial charge is 0.225 e. The topological polar surface area (TPSA) is 32.3 Å². The molecule has 0 heterocycles. The fraction of sp³-hybridized carbons (Fsp3) is 0.278. The zero-order valence-electron chi connectivity index (χ0n) is 13.2. The van der Waals surface area contributed by atoms with Crippen molar-refractivity contribution < 1.29 is 9.18 Å². The van der Waals surface area contributed by atoms with Crippen LogP contribution in [0, 0.1) is 5.82 Å². The Morgan fingerprint density at radius 3 is 2.48 bits per heavy atom. The molecule has 2 aromatic rings. The summed E-state index contributed by atoms with van der Waals surface area (Å²) < 4.78 is 13.8. The molecule has 0 bridgehead atoms. The van der Waals surface area contributed by atoms with E-state index in [4.69, 9.17) is 11.6 Å². The van der Waals surface area contributed by atoms with Gasteiger partial charge in [0.1, 0.15) is 5.82 Å². The molecule has 0 aliphatic heterocycles. The maximum atomic E-state index is 13.8. The number of nitrogens with one attached hydrogen (secondary N) is 1. The molecule has 5 heteroatoms. The van der Waals surface area contributed by atoms with Crippen molar-refractivity contribution >= 4 is 17.5 Å². The molecule has 1 atom stereocenters. The number of hydrogen-bond acceptors (Lipinski definition) is 2. The Labute approximate surface area is 141 Å². The van der Waals surface area contributed by atoms with Crippen molar-refractivity contribution in [2.24, 2.45) is 0 Å². The molecule has 0 unspecified atom stereocenters. The first kappa shape index (κ1) is 17.4. The summed E-state index contributed by atoms with van der Waals surface area (Å²) in [6.45, 7) is 0.654. The third-order valence-electron chi connectivity index (χ3n) is 3.48. The van der Waals surface area contributed by atoms with Crippen molar-refractivity contribution in [3.05, 3.63) is 70.5 Å². The van der Waals surface area contributed by atoms with E-state index in [1.54, 1.807) is 6.07 Å². The number of halogens is 2. The number of rotatable bonds is 6. The SMILES string of the molecule is CN(C)C[C@H](NC(=O)Cc1c(F)cccc1Cl)c1ccccc1. The quantitative estimate of drug-likeness (QED) is 0.877. The predicted octanol–water partition coefficient (Wildman–Crippen LogP) is 3.44. The first-order valence-electron chi connectivity index (χ1n) is 7.39. The van der Waals surface area contributed by atoms with E-state index < -0.39 is 5.82 Å². The Balaban J connectivity index is 2.12. The second-order valence-corrected chi connectivity index (χ2v) is 6.08. The molecule has 23 heavy (non-hydrogen) atoms. The van der Waals surface area contributed by atoms with Crippen LogP contribution in [0.3, 0.4) is 0 Å². The van der Waals surface area contributed by atoms with Crippen molar-refractivity contribution in [1.82, 2.24) is 10.2 Å². The van der Waals surface area contributed by atoms with Crippen LogP contribution in [0.1, 0.15) is 17.2 Å². The minimum atomic E-state index is -0.462. The summed E-state index contributed by atoms with van der Waals surface area (Å²) in [7, 11) is 3.88. The molecule has 2 aromatic carbocycles. The highest BCUT2D eigenvalue weighted by Crippen LogP contribution is 2.20. The molecule has 0 aliphatic carbocycles. The Hall–Kier alpha value is -1.91. The van der Waals surface area contributed by atoms with E-state index in [9.17, 15) is 9.18 Å². The van der Waals surface area contributed by atoms with Crippen LogP contribution in [0.25, 0.3) is 0 Å². The van der Waals surface area contributed by atoms with Gasteiger partial charge in [0, 0.05) is 17.1 Å². The van der Waals surface area contributed by atoms with Crippen LogP contribution in [-0.4, -0.2) is 31.4 Å². The van der Waals surface area contributed by atoms with Crippen LogP contribution in [-0.2, 0) is 11.2 Å². The lowest BCUT2D eigenvalue weighted by Gasteiger charge is -2.23. The van der Waals surface area contributed by atoms with Crippen LogP contribution in [0.4, 0.5) is 4.39 Å². The zero-order chi connectivity index (χ0) is 16.8. The standard InChI is InChI=1S/C18H20ClFN2O/c1-22(2)12-17(13-7-4-3-5-8-13)21-18(23)11-14-15(19)9-6-10-16(14)20/h3-10,17H,11-12H2,1-2H3,(H,21,23)/t17-/m0/s1. The highest BCUT2D eigenvalue weighted by atomic mass is 35.5. The molecule has 0 fully saturated rings. The molecule has 0 spiro atoms. The second kappa shape index (κ2) is 8.09. The summed E-state index contributed by atoms with van der Waals surface area (Å²) in [5.74, 6) is -0.718. The van der Waals surface area contributed by atoms with Gasteiger partial charge in [0.05, 0.1) is 12.5 Å². The minimum Gasteiger partial charge on any atom is -0.348 e. The number of carbonyl (C=O) groups is 1. The number of benzene rings is 2. The fourth-order valence-corrected chi connectivity index (χ4v) is 2.62.